The lowest BCUT2D eigenvalue weighted by molar-refractivity contribution is 0.467. The predicted octanol–water partition coefficient (Wildman–Crippen LogP) is 3.79. The number of rotatable bonds is 3. The smallest absolute Gasteiger partial charge is 0.134 e. The Labute approximate surface area is 110 Å². The molecule has 1 aliphatic rings. The highest BCUT2D eigenvalue weighted by molar-refractivity contribution is 9.11. The molecule has 0 aromatic carbocycles. The number of hydrogen-bond acceptors (Lipinski definition) is 2. The van der Waals surface area contributed by atoms with Gasteiger partial charge in [-0.15, -0.1) is 0 Å². The standard InChI is InChI=1S/C14H16BrNO/c1-3-12(15)5-4-10(2)14-8-11-9-16-7-6-13(11)17-14/h3-5,8,16H,2,6-7,9H2,1H3/b5-4-,12-3+. The van der Waals surface area contributed by atoms with Crippen molar-refractivity contribution in [3.63, 3.8) is 0 Å². The minimum absolute atomic E-state index is 0.867. The largest absolute Gasteiger partial charge is 0.461 e. The van der Waals surface area contributed by atoms with Crippen molar-refractivity contribution in [2.75, 3.05) is 6.54 Å². The Morgan fingerprint density at radius 2 is 2.35 bits per heavy atom. The van der Waals surface area contributed by atoms with Crippen LogP contribution in [0.3, 0.4) is 0 Å². The minimum Gasteiger partial charge on any atom is -0.461 e. The zero-order chi connectivity index (χ0) is 12.3. The monoisotopic (exact) mass is 293 g/mol. The zero-order valence-corrected chi connectivity index (χ0v) is 11.5. The Balaban J connectivity index is 2.14. The van der Waals surface area contributed by atoms with Crippen LogP contribution < -0.4 is 5.32 Å². The summed E-state index contributed by atoms with van der Waals surface area (Å²) >= 11 is 3.43. The maximum atomic E-state index is 5.81. The number of furan rings is 1. The molecule has 2 heterocycles. The molecule has 0 fully saturated rings. The third-order valence-corrected chi connectivity index (χ3v) is 3.50. The summed E-state index contributed by atoms with van der Waals surface area (Å²) in [6.45, 7) is 7.90. The molecule has 3 heteroatoms. The van der Waals surface area contributed by atoms with E-state index in [9.17, 15) is 0 Å². The van der Waals surface area contributed by atoms with Crippen molar-refractivity contribution in [3.05, 3.63) is 52.4 Å². The van der Waals surface area contributed by atoms with Crippen molar-refractivity contribution < 1.29 is 4.42 Å². The second kappa shape index (κ2) is 5.52. The van der Waals surface area contributed by atoms with E-state index in [-0.39, 0.29) is 0 Å². The second-order valence-corrected chi connectivity index (χ2v) is 4.93. The summed E-state index contributed by atoms with van der Waals surface area (Å²) in [6, 6.07) is 2.08. The molecule has 0 spiro atoms. The summed E-state index contributed by atoms with van der Waals surface area (Å²) in [5.41, 5.74) is 2.16. The lowest BCUT2D eigenvalue weighted by Gasteiger charge is -2.09. The predicted molar refractivity (Wildman–Crippen MR) is 75.0 cm³/mol. The molecule has 0 saturated carbocycles. The fourth-order valence-electron chi connectivity index (χ4n) is 1.77. The van der Waals surface area contributed by atoms with Crippen LogP contribution >= 0.6 is 15.9 Å². The summed E-state index contributed by atoms with van der Waals surface area (Å²) < 4.78 is 6.85. The maximum Gasteiger partial charge on any atom is 0.134 e. The molecule has 0 aliphatic carbocycles. The summed E-state index contributed by atoms with van der Waals surface area (Å²) in [6.07, 6.45) is 6.88. The first-order valence-electron chi connectivity index (χ1n) is 5.72. The molecule has 0 unspecified atom stereocenters. The molecule has 0 saturated heterocycles. The number of nitrogens with one attached hydrogen (secondary N) is 1. The molecular formula is C14H16BrNO. The average molecular weight is 294 g/mol. The number of fused-ring (bicyclic) bond motifs is 1. The Kier molecular flexibility index (Phi) is 4.02. The highest BCUT2D eigenvalue weighted by atomic mass is 79.9. The summed E-state index contributed by atoms with van der Waals surface area (Å²) in [5.74, 6) is 1.96. The summed E-state index contributed by atoms with van der Waals surface area (Å²) in [5, 5.41) is 3.33. The third kappa shape index (κ3) is 2.99. The van der Waals surface area contributed by atoms with Crippen LogP contribution in [-0.4, -0.2) is 6.54 Å². The first kappa shape index (κ1) is 12.4. The fourth-order valence-corrected chi connectivity index (χ4v) is 1.90. The summed E-state index contributed by atoms with van der Waals surface area (Å²) in [7, 11) is 0. The van der Waals surface area contributed by atoms with Gasteiger partial charge in [0, 0.05) is 35.1 Å². The van der Waals surface area contributed by atoms with Crippen LogP contribution in [0.15, 0.2) is 39.8 Å². The molecule has 0 radical (unpaired) electrons. The van der Waals surface area contributed by atoms with Gasteiger partial charge in [0.1, 0.15) is 11.5 Å². The molecule has 2 rings (SSSR count). The zero-order valence-electron chi connectivity index (χ0n) is 9.92. The van der Waals surface area contributed by atoms with E-state index in [4.69, 9.17) is 4.42 Å². The van der Waals surface area contributed by atoms with E-state index in [2.05, 4.69) is 33.9 Å². The SMILES string of the molecule is C=C(/C=C\C(Br)=C/C)c1cc2c(o1)CCNC2. The highest BCUT2D eigenvalue weighted by Gasteiger charge is 2.15. The normalized spacial score (nSPS) is 16.2. The molecule has 0 bridgehead atoms. The molecule has 17 heavy (non-hydrogen) atoms. The topological polar surface area (TPSA) is 25.2 Å². The van der Waals surface area contributed by atoms with Gasteiger partial charge < -0.3 is 9.73 Å². The van der Waals surface area contributed by atoms with Crippen molar-refractivity contribution in [2.45, 2.75) is 19.9 Å². The van der Waals surface area contributed by atoms with Gasteiger partial charge in [0.25, 0.3) is 0 Å². The van der Waals surface area contributed by atoms with Gasteiger partial charge in [-0.25, -0.2) is 0 Å². The average Bonchev–Trinajstić information content (AvgIpc) is 2.79. The van der Waals surface area contributed by atoms with E-state index in [1.807, 2.05) is 25.2 Å². The van der Waals surface area contributed by atoms with Gasteiger partial charge in [-0.2, -0.15) is 0 Å². The van der Waals surface area contributed by atoms with Gasteiger partial charge in [0.2, 0.25) is 0 Å². The van der Waals surface area contributed by atoms with Crippen LogP contribution in [0.2, 0.25) is 0 Å². The molecule has 90 valence electrons. The van der Waals surface area contributed by atoms with Gasteiger partial charge in [-0.3, -0.25) is 0 Å². The molecule has 2 nitrogen and oxygen atoms in total. The number of allylic oxidation sites excluding steroid dienone is 5. The highest BCUT2D eigenvalue weighted by Crippen LogP contribution is 2.24. The van der Waals surface area contributed by atoms with E-state index in [1.54, 1.807) is 0 Å². The van der Waals surface area contributed by atoms with Crippen molar-refractivity contribution in [1.82, 2.24) is 5.32 Å². The number of halogens is 1. The Bertz CT molecular complexity index is 459. The van der Waals surface area contributed by atoms with Crippen molar-refractivity contribution in [2.24, 2.45) is 0 Å². The van der Waals surface area contributed by atoms with Gasteiger partial charge in [0.15, 0.2) is 0 Å². The van der Waals surface area contributed by atoms with Gasteiger partial charge in [-0.1, -0.05) is 34.7 Å². The quantitative estimate of drug-likeness (QED) is 0.858. The van der Waals surface area contributed by atoms with Crippen molar-refractivity contribution in [1.29, 1.82) is 0 Å². The van der Waals surface area contributed by atoms with Crippen LogP contribution in [-0.2, 0) is 13.0 Å². The van der Waals surface area contributed by atoms with E-state index in [1.165, 1.54) is 5.56 Å². The second-order valence-electron chi connectivity index (χ2n) is 4.02. The van der Waals surface area contributed by atoms with E-state index >= 15 is 0 Å². The van der Waals surface area contributed by atoms with E-state index < -0.39 is 0 Å². The molecule has 1 aromatic heterocycles. The maximum absolute atomic E-state index is 5.81. The van der Waals surface area contributed by atoms with E-state index in [0.717, 1.165) is 41.1 Å². The molecule has 1 N–H and O–H groups in total. The first-order valence-corrected chi connectivity index (χ1v) is 6.51. The van der Waals surface area contributed by atoms with Crippen LogP contribution in [0.4, 0.5) is 0 Å². The van der Waals surface area contributed by atoms with Crippen molar-refractivity contribution in [3.8, 4) is 0 Å². The Hall–Kier alpha value is -1.06. The summed E-state index contributed by atoms with van der Waals surface area (Å²) in [4.78, 5) is 0. The van der Waals surface area contributed by atoms with Crippen LogP contribution in [0.5, 0.6) is 0 Å². The van der Waals surface area contributed by atoms with Crippen LogP contribution in [0.25, 0.3) is 5.57 Å². The first-order chi connectivity index (χ1) is 8.20. The van der Waals surface area contributed by atoms with Crippen molar-refractivity contribution >= 4 is 21.5 Å². The Morgan fingerprint density at radius 1 is 1.53 bits per heavy atom. The molecule has 1 aliphatic heterocycles. The lowest BCUT2D eigenvalue weighted by Crippen LogP contribution is -2.22. The molecule has 0 amide bonds. The number of hydrogen-bond donors (Lipinski definition) is 1. The van der Waals surface area contributed by atoms with E-state index in [0.29, 0.717) is 0 Å². The van der Waals surface area contributed by atoms with Crippen LogP contribution in [0, 0.1) is 0 Å². The fraction of sp³-hybridized carbons (Fsp3) is 0.286. The van der Waals surface area contributed by atoms with Gasteiger partial charge in [0.05, 0.1) is 0 Å². The van der Waals surface area contributed by atoms with Gasteiger partial charge >= 0.3 is 0 Å². The minimum atomic E-state index is 0.867. The van der Waals surface area contributed by atoms with Crippen LogP contribution in [0.1, 0.15) is 24.0 Å². The Morgan fingerprint density at radius 3 is 3.06 bits per heavy atom. The molecule has 0 atom stereocenters. The third-order valence-electron chi connectivity index (χ3n) is 2.78. The van der Waals surface area contributed by atoms with Gasteiger partial charge in [-0.05, 0) is 19.1 Å². The molecule has 1 aromatic rings. The lowest BCUT2D eigenvalue weighted by atomic mass is 10.1. The molecular weight excluding hydrogens is 278 g/mol.